The molecular weight excluding hydrogens is 260 g/mol. The average molecular weight is 286 g/mol. The fraction of sp³-hybridized carbons (Fsp3) is 0.444. The molecule has 2 aromatic rings. The van der Waals surface area contributed by atoms with Gasteiger partial charge in [0.25, 0.3) is 0 Å². The van der Waals surface area contributed by atoms with Crippen molar-refractivity contribution >= 4 is 0 Å². The van der Waals surface area contributed by atoms with Crippen molar-refractivity contribution in [1.82, 2.24) is 9.88 Å². The Bertz CT molecular complexity index is 519. The molecule has 3 nitrogen and oxygen atoms in total. The zero-order valence-corrected chi connectivity index (χ0v) is 13.0. The van der Waals surface area contributed by atoms with Crippen LogP contribution < -0.4 is 5.32 Å². The van der Waals surface area contributed by atoms with Gasteiger partial charge in [0.05, 0.1) is 6.10 Å². The van der Waals surface area contributed by atoms with Crippen molar-refractivity contribution in [3.05, 3.63) is 59.9 Å². The van der Waals surface area contributed by atoms with Gasteiger partial charge in [-0.3, -0.25) is 0 Å². The van der Waals surface area contributed by atoms with Crippen LogP contribution in [0.3, 0.4) is 0 Å². The quantitative estimate of drug-likeness (QED) is 0.732. The number of benzene rings is 1. The summed E-state index contributed by atoms with van der Waals surface area (Å²) >= 11 is 0. The molecule has 0 spiro atoms. The molecule has 0 amide bonds. The van der Waals surface area contributed by atoms with Crippen molar-refractivity contribution in [2.24, 2.45) is 5.92 Å². The van der Waals surface area contributed by atoms with Crippen LogP contribution in [0.15, 0.2) is 48.8 Å². The first kappa shape index (κ1) is 15.8. The summed E-state index contributed by atoms with van der Waals surface area (Å²) in [6.07, 6.45) is 4.90. The van der Waals surface area contributed by atoms with E-state index in [1.165, 1.54) is 11.1 Å². The highest BCUT2D eigenvalue weighted by Crippen LogP contribution is 2.07. The molecule has 0 saturated carbocycles. The molecule has 1 unspecified atom stereocenters. The van der Waals surface area contributed by atoms with Gasteiger partial charge in [0, 0.05) is 25.5 Å². The molecule has 3 heteroatoms. The maximum Gasteiger partial charge on any atom is 0.0575 e. The smallest absolute Gasteiger partial charge is 0.0575 e. The minimum absolute atomic E-state index is 0.208. The van der Waals surface area contributed by atoms with Crippen LogP contribution in [0.1, 0.15) is 31.4 Å². The molecule has 114 valence electrons. The lowest BCUT2D eigenvalue weighted by atomic mass is 10.0. The third kappa shape index (κ3) is 5.37. The van der Waals surface area contributed by atoms with Gasteiger partial charge in [-0.25, -0.2) is 0 Å². The fourth-order valence-corrected chi connectivity index (χ4v) is 2.30. The van der Waals surface area contributed by atoms with Crippen molar-refractivity contribution in [3.63, 3.8) is 0 Å². The van der Waals surface area contributed by atoms with E-state index in [0.29, 0.717) is 5.92 Å². The maximum absolute atomic E-state index is 9.75. The molecular formula is C18H26N2O. The SMILES string of the molecule is CC(C)C(O)CCNCc1ccn(Cc2ccccc2)c1. The van der Waals surface area contributed by atoms with E-state index in [4.69, 9.17) is 0 Å². The first-order valence-corrected chi connectivity index (χ1v) is 7.72. The third-order valence-corrected chi connectivity index (χ3v) is 3.74. The third-order valence-electron chi connectivity index (χ3n) is 3.74. The molecule has 1 heterocycles. The van der Waals surface area contributed by atoms with Gasteiger partial charge in [0.1, 0.15) is 0 Å². The average Bonchev–Trinajstić information content (AvgIpc) is 2.92. The maximum atomic E-state index is 9.75. The van der Waals surface area contributed by atoms with Crippen molar-refractivity contribution < 1.29 is 5.11 Å². The molecule has 21 heavy (non-hydrogen) atoms. The lowest BCUT2D eigenvalue weighted by molar-refractivity contribution is 0.116. The van der Waals surface area contributed by atoms with Gasteiger partial charge < -0.3 is 15.0 Å². The highest BCUT2D eigenvalue weighted by molar-refractivity contribution is 5.17. The molecule has 0 fully saturated rings. The first-order chi connectivity index (χ1) is 10.1. The van der Waals surface area contributed by atoms with Crippen LogP contribution in [0, 0.1) is 5.92 Å². The van der Waals surface area contributed by atoms with Gasteiger partial charge in [-0.2, -0.15) is 0 Å². The number of nitrogens with one attached hydrogen (secondary N) is 1. The molecule has 2 rings (SSSR count). The van der Waals surface area contributed by atoms with E-state index < -0.39 is 0 Å². The standard InChI is InChI=1S/C18H26N2O/c1-15(2)18(21)8-10-19-12-17-9-11-20(14-17)13-16-6-4-3-5-7-16/h3-7,9,11,14-15,18-19,21H,8,10,12-13H2,1-2H3. The molecule has 0 aliphatic carbocycles. The summed E-state index contributed by atoms with van der Waals surface area (Å²) in [6.45, 7) is 6.71. The van der Waals surface area contributed by atoms with E-state index in [2.05, 4.69) is 52.6 Å². The Balaban J connectivity index is 1.73. The Morgan fingerprint density at radius 3 is 2.57 bits per heavy atom. The molecule has 1 atom stereocenters. The van der Waals surface area contributed by atoms with Gasteiger partial charge in [-0.1, -0.05) is 44.2 Å². The number of hydrogen-bond donors (Lipinski definition) is 2. The number of rotatable bonds is 8. The minimum Gasteiger partial charge on any atom is -0.393 e. The molecule has 2 N–H and O–H groups in total. The van der Waals surface area contributed by atoms with Crippen molar-refractivity contribution in [3.8, 4) is 0 Å². The predicted octanol–water partition coefficient (Wildman–Crippen LogP) is 3.03. The van der Waals surface area contributed by atoms with Crippen LogP contribution in [0.4, 0.5) is 0 Å². The van der Waals surface area contributed by atoms with Crippen LogP contribution >= 0.6 is 0 Å². The van der Waals surface area contributed by atoms with Gasteiger partial charge in [-0.15, -0.1) is 0 Å². The summed E-state index contributed by atoms with van der Waals surface area (Å²) in [6, 6.07) is 12.6. The van der Waals surface area contributed by atoms with Gasteiger partial charge in [-0.05, 0) is 36.1 Å². The normalized spacial score (nSPS) is 12.8. The van der Waals surface area contributed by atoms with E-state index in [-0.39, 0.29) is 6.10 Å². The molecule has 0 saturated heterocycles. The Hall–Kier alpha value is -1.58. The number of aliphatic hydroxyl groups excluding tert-OH is 1. The largest absolute Gasteiger partial charge is 0.393 e. The molecule has 0 aliphatic rings. The van der Waals surface area contributed by atoms with Crippen LogP contribution in [-0.4, -0.2) is 22.3 Å². The van der Waals surface area contributed by atoms with E-state index in [1.807, 2.05) is 19.9 Å². The van der Waals surface area contributed by atoms with Crippen molar-refractivity contribution in [2.45, 2.75) is 39.5 Å². The summed E-state index contributed by atoms with van der Waals surface area (Å²) in [5.74, 6) is 0.332. The van der Waals surface area contributed by atoms with E-state index in [0.717, 1.165) is 26.1 Å². The van der Waals surface area contributed by atoms with Crippen LogP contribution in [0.5, 0.6) is 0 Å². The van der Waals surface area contributed by atoms with E-state index in [1.54, 1.807) is 0 Å². The number of aromatic nitrogens is 1. The zero-order chi connectivity index (χ0) is 15.1. The van der Waals surface area contributed by atoms with Gasteiger partial charge in [0.15, 0.2) is 0 Å². The lowest BCUT2D eigenvalue weighted by Gasteiger charge is -2.14. The second kappa shape index (κ2) is 8.01. The van der Waals surface area contributed by atoms with Crippen LogP contribution in [0.2, 0.25) is 0 Å². The van der Waals surface area contributed by atoms with Crippen molar-refractivity contribution in [1.29, 1.82) is 0 Å². The second-order valence-electron chi connectivity index (χ2n) is 5.95. The summed E-state index contributed by atoms with van der Waals surface area (Å²) in [7, 11) is 0. The molecule has 1 aromatic carbocycles. The summed E-state index contributed by atoms with van der Waals surface area (Å²) in [4.78, 5) is 0. The molecule has 1 aromatic heterocycles. The van der Waals surface area contributed by atoms with Gasteiger partial charge >= 0.3 is 0 Å². The highest BCUT2D eigenvalue weighted by Gasteiger charge is 2.07. The monoisotopic (exact) mass is 286 g/mol. The van der Waals surface area contributed by atoms with Gasteiger partial charge in [0.2, 0.25) is 0 Å². The van der Waals surface area contributed by atoms with Crippen molar-refractivity contribution in [2.75, 3.05) is 6.54 Å². The number of aliphatic hydroxyl groups is 1. The zero-order valence-electron chi connectivity index (χ0n) is 13.0. The predicted molar refractivity (Wildman–Crippen MR) is 87.1 cm³/mol. The Labute approximate surface area is 127 Å². The number of hydrogen-bond acceptors (Lipinski definition) is 2. The lowest BCUT2D eigenvalue weighted by Crippen LogP contribution is -2.23. The summed E-state index contributed by atoms with van der Waals surface area (Å²) in [5, 5.41) is 13.1. The second-order valence-corrected chi connectivity index (χ2v) is 5.95. The minimum atomic E-state index is -0.208. The molecule has 0 bridgehead atoms. The Kier molecular flexibility index (Phi) is 6.03. The van der Waals surface area contributed by atoms with Crippen LogP contribution in [-0.2, 0) is 13.1 Å². The Morgan fingerprint density at radius 1 is 1.10 bits per heavy atom. The highest BCUT2D eigenvalue weighted by atomic mass is 16.3. The first-order valence-electron chi connectivity index (χ1n) is 7.72. The van der Waals surface area contributed by atoms with Crippen LogP contribution in [0.25, 0.3) is 0 Å². The summed E-state index contributed by atoms with van der Waals surface area (Å²) in [5.41, 5.74) is 2.60. The Morgan fingerprint density at radius 2 is 1.86 bits per heavy atom. The van der Waals surface area contributed by atoms with E-state index in [9.17, 15) is 5.11 Å². The topological polar surface area (TPSA) is 37.2 Å². The summed E-state index contributed by atoms with van der Waals surface area (Å²) < 4.78 is 2.20. The molecule has 0 radical (unpaired) electrons. The van der Waals surface area contributed by atoms with E-state index >= 15 is 0 Å². The molecule has 0 aliphatic heterocycles. The number of nitrogens with zero attached hydrogens (tertiary/aromatic N) is 1. The fourth-order valence-electron chi connectivity index (χ4n) is 2.30.